The molecule has 0 radical (unpaired) electrons. The molecule has 3 N–H and O–H groups in total. The van der Waals surface area contributed by atoms with Crippen molar-refractivity contribution in [3.63, 3.8) is 0 Å². The number of hydrazone groups is 1. The fraction of sp³-hybridized carbons (Fsp3) is 0.100. The summed E-state index contributed by atoms with van der Waals surface area (Å²) in [5.41, 5.74) is 10.3. The molecule has 2 aromatic carbocycles. The van der Waals surface area contributed by atoms with E-state index in [1.54, 1.807) is 18.2 Å². The molecule has 2 heterocycles. The van der Waals surface area contributed by atoms with Crippen molar-refractivity contribution in [1.82, 2.24) is 30.7 Å². The zero-order chi connectivity index (χ0) is 22.5. The van der Waals surface area contributed by atoms with Gasteiger partial charge < -0.3 is 10.6 Å². The van der Waals surface area contributed by atoms with Crippen LogP contribution < -0.4 is 16.1 Å². The molecule has 162 valence electrons. The Balaban J connectivity index is 1.62. The van der Waals surface area contributed by atoms with E-state index >= 15 is 0 Å². The molecule has 0 aliphatic rings. The highest BCUT2D eigenvalue weighted by Crippen LogP contribution is 2.20. The van der Waals surface area contributed by atoms with Gasteiger partial charge in [0.1, 0.15) is 0 Å². The second-order valence-corrected chi connectivity index (χ2v) is 7.09. The first-order chi connectivity index (χ1) is 15.5. The highest BCUT2D eigenvalue weighted by Gasteiger charge is 2.25. The SMILES string of the molecule is CN(Cc1c(C(=O)N/N=C\c2ccccc2Cl)nnn1-c1nonc1N)c1ccccc1. The van der Waals surface area contributed by atoms with Crippen LogP contribution in [0.1, 0.15) is 21.7 Å². The van der Waals surface area contributed by atoms with Crippen molar-refractivity contribution in [2.75, 3.05) is 17.7 Å². The molecule has 12 heteroatoms. The fourth-order valence-electron chi connectivity index (χ4n) is 2.92. The summed E-state index contributed by atoms with van der Waals surface area (Å²) in [6.07, 6.45) is 1.44. The van der Waals surface area contributed by atoms with Crippen LogP contribution in [0.3, 0.4) is 0 Å². The predicted molar refractivity (Wildman–Crippen MR) is 119 cm³/mol. The molecule has 0 saturated heterocycles. The van der Waals surface area contributed by atoms with Crippen molar-refractivity contribution in [2.24, 2.45) is 5.10 Å². The number of aromatic nitrogens is 5. The Kier molecular flexibility index (Phi) is 6.08. The summed E-state index contributed by atoms with van der Waals surface area (Å²) in [6.45, 7) is 0.264. The molecule has 0 aliphatic carbocycles. The van der Waals surface area contributed by atoms with Gasteiger partial charge in [0.2, 0.25) is 11.6 Å². The van der Waals surface area contributed by atoms with E-state index in [0.717, 1.165) is 5.69 Å². The van der Waals surface area contributed by atoms with Crippen molar-refractivity contribution in [1.29, 1.82) is 0 Å². The first-order valence-electron chi connectivity index (χ1n) is 9.41. The predicted octanol–water partition coefficient (Wildman–Crippen LogP) is 2.29. The number of anilines is 2. The van der Waals surface area contributed by atoms with Crippen LogP contribution in [0.15, 0.2) is 64.3 Å². The Bertz CT molecular complexity index is 1250. The van der Waals surface area contributed by atoms with Gasteiger partial charge in [-0.05, 0) is 28.5 Å². The van der Waals surface area contributed by atoms with Gasteiger partial charge >= 0.3 is 0 Å². The summed E-state index contributed by atoms with van der Waals surface area (Å²) in [6, 6.07) is 16.7. The number of hydrogen-bond acceptors (Lipinski definition) is 9. The van der Waals surface area contributed by atoms with E-state index in [-0.39, 0.29) is 23.9 Å². The average Bonchev–Trinajstić information content (AvgIpc) is 3.41. The number of carbonyl (C=O) groups is 1. The van der Waals surface area contributed by atoms with E-state index in [0.29, 0.717) is 16.3 Å². The Hall–Kier alpha value is -4.25. The van der Waals surface area contributed by atoms with Crippen molar-refractivity contribution >= 4 is 35.2 Å². The number of para-hydroxylation sites is 1. The minimum Gasteiger partial charge on any atom is -0.378 e. The summed E-state index contributed by atoms with van der Waals surface area (Å²) in [7, 11) is 1.87. The molecule has 0 unspecified atom stereocenters. The molecule has 0 fully saturated rings. The van der Waals surface area contributed by atoms with E-state index in [1.165, 1.54) is 10.9 Å². The number of rotatable bonds is 7. The van der Waals surface area contributed by atoms with Gasteiger partial charge in [-0.2, -0.15) is 9.78 Å². The number of nitrogen functional groups attached to an aromatic ring is 1. The van der Waals surface area contributed by atoms with Crippen LogP contribution in [0.5, 0.6) is 0 Å². The van der Waals surface area contributed by atoms with Crippen LogP contribution in [0, 0.1) is 0 Å². The van der Waals surface area contributed by atoms with Crippen LogP contribution in [0.25, 0.3) is 5.82 Å². The van der Waals surface area contributed by atoms with Crippen molar-refractivity contribution < 1.29 is 9.42 Å². The summed E-state index contributed by atoms with van der Waals surface area (Å²) in [4.78, 5) is 14.8. The molecule has 0 spiro atoms. The molecule has 4 aromatic rings. The highest BCUT2D eigenvalue weighted by atomic mass is 35.5. The number of nitrogens with zero attached hydrogens (tertiary/aromatic N) is 7. The Labute approximate surface area is 187 Å². The molecule has 11 nitrogen and oxygen atoms in total. The zero-order valence-electron chi connectivity index (χ0n) is 16.9. The molecule has 32 heavy (non-hydrogen) atoms. The lowest BCUT2D eigenvalue weighted by Crippen LogP contribution is -2.24. The normalized spacial score (nSPS) is 11.1. The van der Waals surface area contributed by atoms with Crippen LogP contribution in [-0.2, 0) is 6.54 Å². The third kappa shape index (κ3) is 4.42. The minimum absolute atomic E-state index is 0.0159. The van der Waals surface area contributed by atoms with Gasteiger partial charge in [0.25, 0.3) is 5.91 Å². The standard InChI is InChI=1S/C20H18ClN9O2/c1-29(14-8-3-2-4-9-14)12-16-17(24-28-30(16)19-18(22)26-32-27-19)20(31)25-23-11-13-7-5-6-10-15(13)21/h2-11H,12H2,1H3,(H2,22,26)(H,25,31)/b23-11-. The van der Waals surface area contributed by atoms with Crippen LogP contribution in [0.4, 0.5) is 11.5 Å². The highest BCUT2D eigenvalue weighted by molar-refractivity contribution is 6.33. The van der Waals surface area contributed by atoms with Gasteiger partial charge in [0, 0.05) is 23.3 Å². The van der Waals surface area contributed by atoms with Crippen LogP contribution in [0.2, 0.25) is 5.02 Å². The molecule has 0 atom stereocenters. The first kappa shape index (κ1) is 21.0. The van der Waals surface area contributed by atoms with Crippen molar-refractivity contribution in [2.45, 2.75) is 6.54 Å². The molecular weight excluding hydrogens is 434 g/mol. The fourth-order valence-corrected chi connectivity index (χ4v) is 3.10. The van der Waals surface area contributed by atoms with Crippen LogP contribution in [-0.4, -0.2) is 44.5 Å². The lowest BCUT2D eigenvalue weighted by molar-refractivity contribution is 0.0949. The molecular formula is C20H18ClN9O2. The second-order valence-electron chi connectivity index (χ2n) is 6.68. The van der Waals surface area contributed by atoms with E-state index in [4.69, 9.17) is 17.3 Å². The summed E-state index contributed by atoms with van der Waals surface area (Å²) < 4.78 is 5.99. The van der Waals surface area contributed by atoms with Gasteiger partial charge in [-0.25, -0.2) is 10.1 Å². The molecule has 0 saturated carbocycles. The lowest BCUT2D eigenvalue weighted by atomic mass is 10.2. The number of carbonyl (C=O) groups excluding carboxylic acids is 1. The van der Waals surface area contributed by atoms with Gasteiger partial charge in [-0.3, -0.25) is 4.79 Å². The minimum atomic E-state index is -0.564. The van der Waals surface area contributed by atoms with Crippen molar-refractivity contribution in [3.8, 4) is 5.82 Å². The van der Waals surface area contributed by atoms with Gasteiger partial charge in [-0.15, -0.1) is 5.10 Å². The number of nitrogens with two attached hydrogens (primary N) is 1. The molecule has 1 amide bonds. The summed E-state index contributed by atoms with van der Waals surface area (Å²) >= 11 is 6.10. The third-order valence-corrected chi connectivity index (χ3v) is 4.88. The smallest absolute Gasteiger partial charge is 0.293 e. The Morgan fingerprint density at radius 1 is 1.22 bits per heavy atom. The lowest BCUT2D eigenvalue weighted by Gasteiger charge is -2.19. The van der Waals surface area contributed by atoms with E-state index in [9.17, 15) is 4.79 Å². The van der Waals surface area contributed by atoms with Gasteiger partial charge in [0.15, 0.2) is 5.69 Å². The summed E-state index contributed by atoms with van der Waals surface area (Å²) in [5.74, 6) is -0.416. The average molecular weight is 452 g/mol. The summed E-state index contributed by atoms with van der Waals surface area (Å²) in [5, 5.41) is 19.9. The van der Waals surface area contributed by atoms with Gasteiger partial charge in [0.05, 0.1) is 18.5 Å². The third-order valence-electron chi connectivity index (χ3n) is 4.53. The molecule has 4 rings (SSSR count). The molecule has 0 aliphatic heterocycles. The largest absolute Gasteiger partial charge is 0.378 e. The maximum atomic E-state index is 12.8. The van der Waals surface area contributed by atoms with E-state index < -0.39 is 5.91 Å². The van der Waals surface area contributed by atoms with Gasteiger partial charge in [-0.1, -0.05) is 53.2 Å². The number of amides is 1. The van der Waals surface area contributed by atoms with E-state index in [2.05, 4.69) is 35.8 Å². The van der Waals surface area contributed by atoms with E-state index in [1.807, 2.05) is 48.3 Å². The molecule has 2 aromatic heterocycles. The number of nitrogens with one attached hydrogen (secondary N) is 1. The molecule has 0 bridgehead atoms. The quantitative estimate of drug-likeness (QED) is 0.322. The topological polar surface area (TPSA) is 140 Å². The Morgan fingerprint density at radius 3 is 2.69 bits per heavy atom. The Morgan fingerprint density at radius 2 is 1.97 bits per heavy atom. The zero-order valence-corrected chi connectivity index (χ0v) is 17.6. The first-order valence-corrected chi connectivity index (χ1v) is 9.79. The maximum absolute atomic E-state index is 12.8. The second kappa shape index (κ2) is 9.27. The number of hydrogen-bond donors (Lipinski definition) is 2. The number of benzene rings is 2. The monoisotopic (exact) mass is 451 g/mol. The number of halogens is 1. The van der Waals surface area contributed by atoms with Crippen molar-refractivity contribution in [3.05, 3.63) is 76.6 Å². The van der Waals surface area contributed by atoms with Crippen LogP contribution >= 0.6 is 11.6 Å². The maximum Gasteiger partial charge on any atom is 0.293 e.